The molecule has 0 bridgehead atoms. The molecule has 2 aromatic rings. The molecule has 0 aromatic carbocycles. The SMILES string of the molecule is CCc1cccnc1CNc1cc(NC)nc(C(C)C)n1. The first-order chi connectivity index (χ1) is 10.1. The van der Waals surface area contributed by atoms with Gasteiger partial charge in [0.2, 0.25) is 0 Å². The van der Waals surface area contributed by atoms with Crippen LogP contribution in [-0.4, -0.2) is 22.0 Å². The maximum absolute atomic E-state index is 4.56. The Morgan fingerprint density at radius 3 is 2.62 bits per heavy atom. The van der Waals surface area contributed by atoms with Gasteiger partial charge in [0, 0.05) is 25.2 Å². The Labute approximate surface area is 126 Å². The van der Waals surface area contributed by atoms with E-state index in [2.05, 4.69) is 52.4 Å². The molecular weight excluding hydrogens is 262 g/mol. The van der Waals surface area contributed by atoms with Crippen LogP contribution in [0.2, 0.25) is 0 Å². The van der Waals surface area contributed by atoms with Crippen LogP contribution >= 0.6 is 0 Å². The summed E-state index contributed by atoms with van der Waals surface area (Å²) in [5.74, 6) is 2.78. The molecular formula is C16H23N5. The van der Waals surface area contributed by atoms with Crippen molar-refractivity contribution in [3.8, 4) is 0 Å². The quantitative estimate of drug-likeness (QED) is 0.853. The average molecular weight is 285 g/mol. The highest BCUT2D eigenvalue weighted by Gasteiger charge is 2.08. The Morgan fingerprint density at radius 2 is 1.95 bits per heavy atom. The maximum Gasteiger partial charge on any atom is 0.135 e. The van der Waals surface area contributed by atoms with Crippen molar-refractivity contribution in [2.24, 2.45) is 0 Å². The van der Waals surface area contributed by atoms with Crippen molar-refractivity contribution in [3.05, 3.63) is 41.5 Å². The van der Waals surface area contributed by atoms with Gasteiger partial charge in [0.15, 0.2) is 0 Å². The van der Waals surface area contributed by atoms with Crippen molar-refractivity contribution in [1.29, 1.82) is 0 Å². The van der Waals surface area contributed by atoms with Gasteiger partial charge in [-0.05, 0) is 18.1 Å². The van der Waals surface area contributed by atoms with Gasteiger partial charge in [-0.2, -0.15) is 0 Å². The van der Waals surface area contributed by atoms with Gasteiger partial charge in [-0.15, -0.1) is 0 Å². The summed E-state index contributed by atoms with van der Waals surface area (Å²) in [4.78, 5) is 13.5. The van der Waals surface area contributed by atoms with Crippen LogP contribution < -0.4 is 10.6 Å². The van der Waals surface area contributed by atoms with E-state index in [1.807, 2.05) is 25.4 Å². The lowest BCUT2D eigenvalue weighted by Gasteiger charge is -2.12. The van der Waals surface area contributed by atoms with Crippen LogP contribution in [0.5, 0.6) is 0 Å². The summed E-state index contributed by atoms with van der Waals surface area (Å²) in [5.41, 5.74) is 2.33. The van der Waals surface area contributed by atoms with Crippen molar-refractivity contribution in [3.63, 3.8) is 0 Å². The fourth-order valence-corrected chi connectivity index (χ4v) is 2.07. The Kier molecular flexibility index (Phi) is 5.09. The lowest BCUT2D eigenvalue weighted by molar-refractivity contribution is 0.775. The van der Waals surface area contributed by atoms with Crippen LogP contribution in [0.25, 0.3) is 0 Å². The number of aryl methyl sites for hydroxylation is 1. The monoisotopic (exact) mass is 285 g/mol. The molecule has 0 saturated carbocycles. The fourth-order valence-electron chi connectivity index (χ4n) is 2.07. The predicted octanol–water partition coefficient (Wildman–Crippen LogP) is 3.21. The van der Waals surface area contributed by atoms with Crippen molar-refractivity contribution < 1.29 is 0 Å². The van der Waals surface area contributed by atoms with Crippen LogP contribution in [0.4, 0.5) is 11.6 Å². The molecule has 0 spiro atoms. The van der Waals surface area contributed by atoms with E-state index in [1.54, 1.807) is 0 Å². The molecule has 0 unspecified atom stereocenters. The number of anilines is 2. The second kappa shape index (κ2) is 7.02. The molecule has 0 aliphatic heterocycles. The highest BCUT2D eigenvalue weighted by Crippen LogP contribution is 2.17. The summed E-state index contributed by atoms with van der Waals surface area (Å²) < 4.78 is 0. The topological polar surface area (TPSA) is 62.7 Å². The highest BCUT2D eigenvalue weighted by atomic mass is 15.1. The van der Waals surface area contributed by atoms with Crippen molar-refractivity contribution in [1.82, 2.24) is 15.0 Å². The van der Waals surface area contributed by atoms with Gasteiger partial charge in [-0.1, -0.05) is 26.8 Å². The van der Waals surface area contributed by atoms with E-state index in [1.165, 1.54) is 5.56 Å². The molecule has 2 aromatic heterocycles. The molecule has 5 heteroatoms. The van der Waals surface area contributed by atoms with Gasteiger partial charge in [0.05, 0.1) is 12.2 Å². The Balaban J connectivity index is 2.17. The number of nitrogens with one attached hydrogen (secondary N) is 2. The predicted molar refractivity (Wildman–Crippen MR) is 86.6 cm³/mol. The van der Waals surface area contributed by atoms with Gasteiger partial charge in [-0.3, -0.25) is 4.98 Å². The van der Waals surface area contributed by atoms with Crippen molar-refractivity contribution in [2.45, 2.75) is 39.7 Å². The van der Waals surface area contributed by atoms with E-state index in [-0.39, 0.29) is 0 Å². The normalized spacial score (nSPS) is 10.7. The van der Waals surface area contributed by atoms with Crippen LogP contribution in [0.15, 0.2) is 24.4 Å². The van der Waals surface area contributed by atoms with Crippen LogP contribution in [0.3, 0.4) is 0 Å². The smallest absolute Gasteiger partial charge is 0.135 e. The first-order valence-electron chi connectivity index (χ1n) is 7.37. The van der Waals surface area contributed by atoms with E-state index >= 15 is 0 Å². The first-order valence-corrected chi connectivity index (χ1v) is 7.37. The zero-order valence-corrected chi connectivity index (χ0v) is 13.1. The second-order valence-electron chi connectivity index (χ2n) is 5.22. The van der Waals surface area contributed by atoms with Gasteiger partial charge < -0.3 is 10.6 Å². The minimum atomic E-state index is 0.292. The molecule has 5 nitrogen and oxygen atoms in total. The number of nitrogens with zero attached hydrogens (tertiary/aromatic N) is 3. The van der Waals surface area contributed by atoms with E-state index in [4.69, 9.17) is 0 Å². The Bertz CT molecular complexity index is 595. The minimum absolute atomic E-state index is 0.292. The van der Waals surface area contributed by atoms with Gasteiger partial charge >= 0.3 is 0 Å². The zero-order chi connectivity index (χ0) is 15.2. The van der Waals surface area contributed by atoms with E-state index in [0.29, 0.717) is 12.5 Å². The van der Waals surface area contributed by atoms with Crippen LogP contribution in [0, 0.1) is 0 Å². The van der Waals surface area contributed by atoms with E-state index in [0.717, 1.165) is 29.6 Å². The molecule has 0 saturated heterocycles. The summed E-state index contributed by atoms with van der Waals surface area (Å²) in [6, 6.07) is 6.01. The molecule has 2 N–H and O–H groups in total. The number of pyridine rings is 1. The lowest BCUT2D eigenvalue weighted by Crippen LogP contribution is -2.09. The molecule has 0 radical (unpaired) electrons. The molecule has 0 aliphatic carbocycles. The fraction of sp³-hybridized carbons (Fsp3) is 0.438. The molecule has 112 valence electrons. The van der Waals surface area contributed by atoms with Gasteiger partial charge in [-0.25, -0.2) is 9.97 Å². The molecule has 2 rings (SSSR count). The summed E-state index contributed by atoms with van der Waals surface area (Å²) in [6.45, 7) is 6.99. The van der Waals surface area contributed by atoms with Crippen LogP contribution in [-0.2, 0) is 13.0 Å². The standard InChI is InChI=1S/C16H23N5/c1-5-12-7-6-8-18-13(12)10-19-15-9-14(17-4)20-16(21-15)11(2)3/h6-9,11H,5,10H2,1-4H3,(H2,17,19,20,21). The third kappa shape index (κ3) is 3.90. The Morgan fingerprint density at radius 1 is 1.19 bits per heavy atom. The third-order valence-electron chi connectivity index (χ3n) is 3.32. The lowest BCUT2D eigenvalue weighted by atomic mass is 10.1. The van der Waals surface area contributed by atoms with E-state index < -0.39 is 0 Å². The second-order valence-corrected chi connectivity index (χ2v) is 5.22. The Hall–Kier alpha value is -2.17. The van der Waals surface area contributed by atoms with Gasteiger partial charge in [0.1, 0.15) is 17.5 Å². The number of aromatic nitrogens is 3. The molecule has 2 heterocycles. The summed E-state index contributed by atoms with van der Waals surface area (Å²) in [6.07, 6.45) is 2.81. The summed E-state index contributed by atoms with van der Waals surface area (Å²) in [7, 11) is 1.87. The summed E-state index contributed by atoms with van der Waals surface area (Å²) >= 11 is 0. The minimum Gasteiger partial charge on any atom is -0.373 e. The maximum atomic E-state index is 4.56. The van der Waals surface area contributed by atoms with E-state index in [9.17, 15) is 0 Å². The molecule has 0 amide bonds. The molecule has 0 aliphatic rings. The van der Waals surface area contributed by atoms with Gasteiger partial charge in [0.25, 0.3) is 0 Å². The average Bonchev–Trinajstić information content (AvgIpc) is 2.52. The largest absolute Gasteiger partial charge is 0.373 e. The summed E-state index contributed by atoms with van der Waals surface area (Å²) in [5, 5.41) is 6.43. The van der Waals surface area contributed by atoms with Crippen molar-refractivity contribution >= 4 is 11.6 Å². The molecule has 0 fully saturated rings. The number of hydrogen-bond acceptors (Lipinski definition) is 5. The third-order valence-corrected chi connectivity index (χ3v) is 3.32. The number of hydrogen-bond donors (Lipinski definition) is 2. The highest BCUT2D eigenvalue weighted by molar-refractivity contribution is 5.47. The van der Waals surface area contributed by atoms with Crippen molar-refractivity contribution in [2.75, 3.05) is 17.7 Å². The number of rotatable bonds is 6. The first kappa shape index (κ1) is 15.2. The zero-order valence-electron chi connectivity index (χ0n) is 13.1. The molecule has 0 atom stereocenters. The van der Waals surface area contributed by atoms with Crippen LogP contribution in [0.1, 0.15) is 43.8 Å². The molecule has 21 heavy (non-hydrogen) atoms.